The summed E-state index contributed by atoms with van der Waals surface area (Å²) in [4.78, 5) is 11.2. The Balaban J connectivity index is 0.00000196. The van der Waals surface area contributed by atoms with Crippen LogP contribution in [0, 0.1) is 5.92 Å². The summed E-state index contributed by atoms with van der Waals surface area (Å²) in [5.41, 5.74) is 1.15. The second kappa shape index (κ2) is 7.18. The van der Waals surface area contributed by atoms with Crippen molar-refractivity contribution < 1.29 is 9.90 Å². The number of hydrogen-bond acceptors (Lipinski definition) is 2. The number of Topliss-reactive ketones (excluding diaryl/α,β-unsaturated/α-hetero) is 1. The molecule has 0 amide bonds. The molecule has 1 N–H and O–H groups in total. The van der Waals surface area contributed by atoms with Gasteiger partial charge >= 0.3 is 0 Å². The van der Waals surface area contributed by atoms with Crippen molar-refractivity contribution in [1.82, 2.24) is 0 Å². The van der Waals surface area contributed by atoms with E-state index in [0.717, 1.165) is 12.0 Å². The van der Waals surface area contributed by atoms with Crippen LogP contribution in [0.25, 0.3) is 0 Å². The number of aliphatic hydroxyl groups is 1. The van der Waals surface area contributed by atoms with Crippen molar-refractivity contribution in [3.63, 3.8) is 0 Å². The molecule has 0 aliphatic rings. The minimum absolute atomic E-state index is 0. The lowest BCUT2D eigenvalue weighted by Crippen LogP contribution is -2.15. The van der Waals surface area contributed by atoms with E-state index < -0.39 is 0 Å². The lowest BCUT2D eigenvalue weighted by atomic mass is 9.93. The van der Waals surface area contributed by atoms with Crippen molar-refractivity contribution >= 4 is 5.78 Å². The summed E-state index contributed by atoms with van der Waals surface area (Å²) in [6, 6.07) is 9.90. The van der Waals surface area contributed by atoms with E-state index in [0.29, 0.717) is 6.42 Å². The molecule has 1 aromatic rings. The summed E-state index contributed by atoms with van der Waals surface area (Å²) in [7, 11) is 0. The third-order valence-electron chi connectivity index (χ3n) is 2.38. The number of carbonyl (C=O) groups excluding carboxylic acids is 1. The minimum Gasteiger partial charge on any atom is -0.396 e. The van der Waals surface area contributed by atoms with Crippen molar-refractivity contribution in [2.75, 3.05) is 6.61 Å². The SMILES string of the molecule is C.CC(=O)C(CCO)Cc1ccccc1. The summed E-state index contributed by atoms with van der Waals surface area (Å²) in [6.45, 7) is 1.67. The maximum absolute atomic E-state index is 11.2. The second-order valence-corrected chi connectivity index (χ2v) is 3.51. The van der Waals surface area contributed by atoms with E-state index in [1.807, 2.05) is 30.3 Å². The van der Waals surface area contributed by atoms with E-state index in [-0.39, 0.29) is 25.7 Å². The Bertz CT molecular complexity index is 280. The molecule has 0 heterocycles. The summed E-state index contributed by atoms with van der Waals surface area (Å²) >= 11 is 0. The van der Waals surface area contributed by atoms with Gasteiger partial charge in [0.1, 0.15) is 5.78 Å². The normalized spacial score (nSPS) is 11.6. The first-order chi connectivity index (χ1) is 6.74. The van der Waals surface area contributed by atoms with Crippen LogP contribution in [0.1, 0.15) is 26.3 Å². The molecule has 2 nitrogen and oxygen atoms in total. The van der Waals surface area contributed by atoms with Crippen LogP contribution in [0.3, 0.4) is 0 Å². The summed E-state index contributed by atoms with van der Waals surface area (Å²) in [6.07, 6.45) is 1.29. The molecule has 0 aliphatic heterocycles. The zero-order valence-corrected chi connectivity index (χ0v) is 8.44. The number of aliphatic hydroxyl groups excluding tert-OH is 1. The molecule has 0 aromatic heterocycles. The molecular formula is C13H20O2. The number of rotatable bonds is 5. The molecule has 0 bridgehead atoms. The van der Waals surface area contributed by atoms with Gasteiger partial charge in [-0.05, 0) is 25.3 Å². The Morgan fingerprint density at radius 2 is 1.93 bits per heavy atom. The molecule has 1 aromatic carbocycles. The summed E-state index contributed by atoms with van der Waals surface area (Å²) in [5, 5.41) is 8.81. The van der Waals surface area contributed by atoms with Gasteiger partial charge in [-0.3, -0.25) is 4.79 Å². The number of hydrogen-bond donors (Lipinski definition) is 1. The van der Waals surface area contributed by atoms with Gasteiger partial charge in [-0.25, -0.2) is 0 Å². The standard InChI is InChI=1S/C12H16O2.CH4/c1-10(14)12(7-8-13)9-11-5-3-2-4-6-11;/h2-6,12-13H,7-9H2,1H3;1H4. The molecule has 1 rings (SSSR count). The fourth-order valence-electron chi connectivity index (χ4n) is 1.50. The molecule has 1 atom stereocenters. The number of benzene rings is 1. The van der Waals surface area contributed by atoms with Crippen molar-refractivity contribution in [2.45, 2.75) is 27.2 Å². The average molecular weight is 208 g/mol. The van der Waals surface area contributed by atoms with Gasteiger partial charge in [0.25, 0.3) is 0 Å². The van der Waals surface area contributed by atoms with Gasteiger partial charge in [0.05, 0.1) is 0 Å². The van der Waals surface area contributed by atoms with Gasteiger partial charge in [-0.1, -0.05) is 37.8 Å². The van der Waals surface area contributed by atoms with Crippen LogP contribution < -0.4 is 0 Å². The van der Waals surface area contributed by atoms with Crippen LogP contribution in [-0.4, -0.2) is 17.5 Å². The third-order valence-corrected chi connectivity index (χ3v) is 2.38. The molecular weight excluding hydrogens is 188 g/mol. The maximum atomic E-state index is 11.2. The molecule has 2 heteroatoms. The van der Waals surface area contributed by atoms with E-state index in [1.165, 1.54) is 0 Å². The van der Waals surface area contributed by atoms with E-state index >= 15 is 0 Å². The van der Waals surface area contributed by atoms with Crippen molar-refractivity contribution in [2.24, 2.45) is 5.92 Å². The Morgan fingerprint density at radius 3 is 2.40 bits per heavy atom. The Labute approximate surface area is 91.9 Å². The van der Waals surface area contributed by atoms with Crippen LogP contribution in [0.5, 0.6) is 0 Å². The van der Waals surface area contributed by atoms with Crippen molar-refractivity contribution in [1.29, 1.82) is 0 Å². The van der Waals surface area contributed by atoms with Gasteiger partial charge in [-0.15, -0.1) is 0 Å². The first kappa shape index (κ1) is 13.8. The predicted octanol–water partition coefficient (Wildman–Crippen LogP) is 2.45. The van der Waals surface area contributed by atoms with Gasteiger partial charge in [-0.2, -0.15) is 0 Å². The minimum atomic E-state index is -0.0394. The Morgan fingerprint density at radius 1 is 1.33 bits per heavy atom. The lowest BCUT2D eigenvalue weighted by Gasteiger charge is -2.11. The molecule has 84 valence electrons. The van der Waals surface area contributed by atoms with E-state index in [1.54, 1.807) is 6.92 Å². The van der Waals surface area contributed by atoms with Gasteiger partial charge in [0.15, 0.2) is 0 Å². The zero-order valence-electron chi connectivity index (χ0n) is 8.44. The van der Waals surface area contributed by atoms with Gasteiger partial charge < -0.3 is 5.11 Å². The molecule has 0 saturated carbocycles. The molecule has 0 radical (unpaired) electrons. The third kappa shape index (κ3) is 4.75. The van der Waals surface area contributed by atoms with E-state index in [9.17, 15) is 4.79 Å². The molecule has 0 aliphatic carbocycles. The smallest absolute Gasteiger partial charge is 0.133 e. The van der Waals surface area contributed by atoms with Gasteiger partial charge in [0, 0.05) is 12.5 Å². The number of carbonyl (C=O) groups is 1. The molecule has 0 saturated heterocycles. The van der Waals surface area contributed by atoms with Crippen LogP contribution in [0.4, 0.5) is 0 Å². The molecule has 15 heavy (non-hydrogen) atoms. The first-order valence-electron chi connectivity index (χ1n) is 4.89. The molecule has 1 unspecified atom stereocenters. The Kier molecular flexibility index (Phi) is 6.63. The highest BCUT2D eigenvalue weighted by molar-refractivity contribution is 5.78. The van der Waals surface area contributed by atoms with Gasteiger partial charge in [0.2, 0.25) is 0 Å². The average Bonchev–Trinajstić information content (AvgIpc) is 2.18. The highest BCUT2D eigenvalue weighted by Crippen LogP contribution is 2.12. The zero-order chi connectivity index (χ0) is 10.4. The quantitative estimate of drug-likeness (QED) is 0.807. The van der Waals surface area contributed by atoms with Crippen LogP contribution >= 0.6 is 0 Å². The van der Waals surface area contributed by atoms with Crippen LogP contribution in [-0.2, 0) is 11.2 Å². The fourth-order valence-corrected chi connectivity index (χ4v) is 1.50. The maximum Gasteiger partial charge on any atom is 0.133 e. The summed E-state index contributed by atoms with van der Waals surface area (Å²) < 4.78 is 0. The van der Waals surface area contributed by atoms with Crippen molar-refractivity contribution in [3.05, 3.63) is 35.9 Å². The fraction of sp³-hybridized carbons (Fsp3) is 0.462. The predicted molar refractivity (Wildman–Crippen MR) is 62.8 cm³/mol. The monoisotopic (exact) mass is 208 g/mol. The molecule has 0 spiro atoms. The second-order valence-electron chi connectivity index (χ2n) is 3.51. The highest BCUT2D eigenvalue weighted by Gasteiger charge is 2.13. The van der Waals surface area contributed by atoms with E-state index in [2.05, 4.69) is 0 Å². The van der Waals surface area contributed by atoms with E-state index in [4.69, 9.17) is 5.11 Å². The lowest BCUT2D eigenvalue weighted by molar-refractivity contribution is -0.121. The number of ketones is 1. The van der Waals surface area contributed by atoms with Crippen molar-refractivity contribution in [3.8, 4) is 0 Å². The molecule has 0 fully saturated rings. The van der Waals surface area contributed by atoms with Crippen LogP contribution in [0.2, 0.25) is 0 Å². The topological polar surface area (TPSA) is 37.3 Å². The summed E-state index contributed by atoms with van der Waals surface area (Å²) in [5.74, 6) is 0.116. The highest BCUT2D eigenvalue weighted by atomic mass is 16.3. The van der Waals surface area contributed by atoms with Crippen LogP contribution in [0.15, 0.2) is 30.3 Å². The Hall–Kier alpha value is -1.15. The first-order valence-corrected chi connectivity index (χ1v) is 4.89. The largest absolute Gasteiger partial charge is 0.396 e.